The molecule has 0 radical (unpaired) electrons. The lowest BCUT2D eigenvalue weighted by Crippen LogP contribution is -2.30. The fourth-order valence-electron chi connectivity index (χ4n) is 3.03. The summed E-state index contributed by atoms with van der Waals surface area (Å²) in [4.78, 5) is 60.7. The summed E-state index contributed by atoms with van der Waals surface area (Å²) in [6, 6.07) is 2.54. The number of hydrogen-bond acceptors (Lipinski definition) is 8. The summed E-state index contributed by atoms with van der Waals surface area (Å²) in [5, 5.41) is 0. The topological polar surface area (TPSA) is 113 Å². The second kappa shape index (κ2) is 9.30. The Labute approximate surface area is 173 Å². The lowest BCUT2D eigenvalue weighted by Gasteiger charge is -2.25. The molecule has 0 bridgehead atoms. The van der Waals surface area contributed by atoms with Gasteiger partial charge in [-0.3, -0.25) is 24.0 Å². The van der Waals surface area contributed by atoms with Crippen LogP contribution in [0, 0.1) is 0 Å². The van der Waals surface area contributed by atoms with Gasteiger partial charge in [-0.2, -0.15) is 0 Å². The number of hydrogen-bond donors (Lipinski definition) is 0. The van der Waals surface area contributed by atoms with Gasteiger partial charge in [0.05, 0.1) is 11.1 Å². The number of carbonyl (C=O) groups is 5. The van der Waals surface area contributed by atoms with E-state index < -0.39 is 35.6 Å². The van der Waals surface area contributed by atoms with Gasteiger partial charge in [0.2, 0.25) is 0 Å². The summed E-state index contributed by atoms with van der Waals surface area (Å²) < 4.78 is 15.4. The molecule has 1 aliphatic rings. The predicted molar refractivity (Wildman–Crippen MR) is 105 cm³/mol. The molecular weight excluding hydrogens is 392 g/mol. The highest BCUT2D eigenvalue weighted by molar-refractivity contribution is 6.27. The molecular formula is C22H22O8. The first-order valence-electron chi connectivity index (χ1n) is 9.17. The van der Waals surface area contributed by atoms with E-state index in [4.69, 9.17) is 14.2 Å². The van der Waals surface area contributed by atoms with E-state index in [0.29, 0.717) is 6.42 Å². The molecule has 158 valence electrons. The molecule has 1 unspecified atom stereocenters. The van der Waals surface area contributed by atoms with Crippen LogP contribution in [-0.4, -0.2) is 35.6 Å². The van der Waals surface area contributed by atoms with Gasteiger partial charge in [-0.25, -0.2) is 0 Å². The van der Waals surface area contributed by atoms with E-state index in [1.165, 1.54) is 19.1 Å². The van der Waals surface area contributed by atoms with Gasteiger partial charge in [-0.05, 0) is 38.0 Å². The number of carbonyl (C=O) groups excluding carboxylic acids is 5. The van der Waals surface area contributed by atoms with E-state index >= 15 is 0 Å². The van der Waals surface area contributed by atoms with Crippen LogP contribution in [-0.2, 0) is 19.1 Å². The number of benzene rings is 1. The average Bonchev–Trinajstić information content (AvgIpc) is 2.61. The monoisotopic (exact) mass is 414 g/mol. The predicted octanol–water partition coefficient (Wildman–Crippen LogP) is 3.13. The number of ether oxygens (including phenoxy) is 3. The van der Waals surface area contributed by atoms with Crippen LogP contribution < -0.4 is 9.47 Å². The summed E-state index contributed by atoms with van der Waals surface area (Å²) >= 11 is 0. The second-order valence-corrected chi connectivity index (χ2v) is 6.89. The van der Waals surface area contributed by atoms with Gasteiger partial charge >= 0.3 is 17.9 Å². The second-order valence-electron chi connectivity index (χ2n) is 6.89. The SMILES string of the molecule is C=C(C)CCC(OC(C)=O)C1=CC(=O)c2c(OC(C)=O)ccc(OC(C)=O)c2C1=O. The Hall–Kier alpha value is -3.55. The first-order chi connectivity index (χ1) is 14.0. The maximum absolute atomic E-state index is 13.3. The summed E-state index contributed by atoms with van der Waals surface area (Å²) in [7, 11) is 0. The third-order valence-corrected chi connectivity index (χ3v) is 4.15. The van der Waals surface area contributed by atoms with Crippen molar-refractivity contribution in [3.8, 4) is 11.5 Å². The molecule has 0 heterocycles. The molecule has 1 atom stereocenters. The van der Waals surface area contributed by atoms with Crippen molar-refractivity contribution in [2.75, 3.05) is 0 Å². The Morgan fingerprint density at radius 2 is 1.43 bits per heavy atom. The van der Waals surface area contributed by atoms with E-state index in [0.717, 1.165) is 25.5 Å². The summed E-state index contributed by atoms with van der Waals surface area (Å²) in [6.07, 6.45) is 0.753. The van der Waals surface area contributed by atoms with Crippen molar-refractivity contribution in [3.05, 3.63) is 47.1 Å². The zero-order valence-corrected chi connectivity index (χ0v) is 17.2. The summed E-state index contributed by atoms with van der Waals surface area (Å²) in [6.45, 7) is 9.06. The van der Waals surface area contributed by atoms with Gasteiger partial charge in [0.1, 0.15) is 17.6 Å². The largest absolute Gasteiger partial charge is 0.458 e. The number of rotatable bonds is 7. The van der Waals surface area contributed by atoms with Gasteiger partial charge in [0.25, 0.3) is 0 Å². The van der Waals surface area contributed by atoms with Crippen molar-refractivity contribution >= 4 is 29.5 Å². The summed E-state index contributed by atoms with van der Waals surface area (Å²) in [5.74, 6) is -3.60. The smallest absolute Gasteiger partial charge is 0.308 e. The zero-order chi connectivity index (χ0) is 22.6. The summed E-state index contributed by atoms with van der Waals surface area (Å²) in [5.41, 5.74) is 0.330. The molecule has 8 nitrogen and oxygen atoms in total. The van der Waals surface area contributed by atoms with E-state index in [1.807, 2.05) is 0 Å². The van der Waals surface area contributed by atoms with Gasteiger partial charge in [-0.1, -0.05) is 5.57 Å². The van der Waals surface area contributed by atoms with Crippen LogP contribution in [0.5, 0.6) is 11.5 Å². The zero-order valence-electron chi connectivity index (χ0n) is 17.2. The van der Waals surface area contributed by atoms with Crippen molar-refractivity contribution in [1.82, 2.24) is 0 Å². The average molecular weight is 414 g/mol. The molecule has 0 amide bonds. The van der Waals surface area contributed by atoms with Crippen molar-refractivity contribution < 1.29 is 38.2 Å². The van der Waals surface area contributed by atoms with Crippen molar-refractivity contribution in [2.24, 2.45) is 0 Å². The molecule has 0 aliphatic heterocycles. The molecule has 0 saturated carbocycles. The minimum absolute atomic E-state index is 0.0580. The number of Topliss-reactive ketones (excluding diaryl/α,β-unsaturated/α-hetero) is 1. The van der Waals surface area contributed by atoms with E-state index in [2.05, 4.69) is 6.58 Å². The van der Waals surface area contributed by atoms with Gasteiger partial charge in [0.15, 0.2) is 11.6 Å². The van der Waals surface area contributed by atoms with E-state index in [1.54, 1.807) is 6.92 Å². The van der Waals surface area contributed by atoms with Crippen LogP contribution in [0.15, 0.2) is 35.9 Å². The minimum atomic E-state index is -0.994. The van der Waals surface area contributed by atoms with Crippen molar-refractivity contribution in [3.63, 3.8) is 0 Å². The van der Waals surface area contributed by atoms with Gasteiger partial charge in [0, 0.05) is 26.3 Å². The third kappa shape index (κ3) is 5.28. The van der Waals surface area contributed by atoms with Crippen LogP contribution in [0.4, 0.5) is 0 Å². The lowest BCUT2D eigenvalue weighted by atomic mass is 9.84. The van der Waals surface area contributed by atoms with Crippen LogP contribution in [0.3, 0.4) is 0 Å². The molecule has 1 aromatic carbocycles. The minimum Gasteiger partial charge on any atom is -0.458 e. The van der Waals surface area contributed by atoms with Gasteiger partial charge in [-0.15, -0.1) is 6.58 Å². The number of ketones is 2. The standard InChI is InChI=1S/C22H22O8/c1-11(2)6-7-17(28-12(3)23)15-10-16(26)20-18(29-13(4)24)8-9-19(30-14(5)25)21(20)22(15)27/h8-10,17H,1,6-7H2,2-5H3. The highest BCUT2D eigenvalue weighted by atomic mass is 16.5. The molecule has 0 saturated heterocycles. The molecule has 30 heavy (non-hydrogen) atoms. The quantitative estimate of drug-likeness (QED) is 0.380. The van der Waals surface area contributed by atoms with Gasteiger partial charge < -0.3 is 14.2 Å². The highest BCUT2D eigenvalue weighted by Gasteiger charge is 2.37. The molecule has 0 fully saturated rings. The first kappa shape index (κ1) is 22.7. The Balaban J connectivity index is 2.62. The number of fused-ring (bicyclic) bond motifs is 1. The fraction of sp³-hybridized carbons (Fsp3) is 0.318. The number of esters is 3. The van der Waals surface area contributed by atoms with Crippen LogP contribution in [0.25, 0.3) is 0 Å². The molecule has 1 aromatic rings. The first-order valence-corrected chi connectivity index (χ1v) is 9.17. The molecule has 0 aromatic heterocycles. The third-order valence-electron chi connectivity index (χ3n) is 4.15. The Bertz CT molecular complexity index is 983. The highest BCUT2D eigenvalue weighted by Crippen LogP contribution is 2.38. The number of allylic oxidation sites excluding steroid dienone is 2. The van der Waals surface area contributed by atoms with Crippen molar-refractivity contribution in [1.29, 1.82) is 0 Å². The molecule has 0 N–H and O–H groups in total. The van der Waals surface area contributed by atoms with Crippen LogP contribution in [0.1, 0.15) is 61.3 Å². The van der Waals surface area contributed by atoms with Crippen LogP contribution in [0.2, 0.25) is 0 Å². The maximum atomic E-state index is 13.3. The van der Waals surface area contributed by atoms with E-state index in [9.17, 15) is 24.0 Å². The Morgan fingerprint density at radius 3 is 1.90 bits per heavy atom. The Morgan fingerprint density at radius 1 is 0.900 bits per heavy atom. The van der Waals surface area contributed by atoms with Crippen molar-refractivity contribution in [2.45, 2.75) is 46.6 Å². The maximum Gasteiger partial charge on any atom is 0.308 e. The van der Waals surface area contributed by atoms with Crippen LogP contribution >= 0.6 is 0 Å². The lowest BCUT2D eigenvalue weighted by molar-refractivity contribution is -0.144. The fourth-order valence-corrected chi connectivity index (χ4v) is 3.03. The molecule has 2 rings (SSSR count). The molecule has 0 spiro atoms. The normalized spacial score (nSPS) is 13.7. The molecule has 8 heteroatoms. The van der Waals surface area contributed by atoms with E-state index in [-0.39, 0.29) is 34.6 Å². The Kier molecular flexibility index (Phi) is 7.05. The molecule has 1 aliphatic carbocycles.